The van der Waals surface area contributed by atoms with E-state index in [4.69, 9.17) is 9.47 Å². The first-order valence-corrected chi connectivity index (χ1v) is 5.21. The van der Waals surface area contributed by atoms with Crippen LogP contribution >= 0.6 is 0 Å². The summed E-state index contributed by atoms with van der Waals surface area (Å²) < 4.78 is 12.5. The molecule has 0 saturated carbocycles. The Labute approximate surface area is 88.6 Å². The molecule has 0 radical (unpaired) electrons. The maximum Gasteiger partial charge on any atom is 0.111 e. The van der Waals surface area contributed by atoms with Crippen LogP contribution in [0.25, 0.3) is 0 Å². The Morgan fingerprint density at radius 1 is 1.67 bits per heavy atom. The van der Waals surface area contributed by atoms with Crippen molar-refractivity contribution in [2.24, 2.45) is 0 Å². The molecule has 2 heterocycles. The van der Waals surface area contributed by atoms with Crippen molar-refractivity contribution in [1.82, 2.24) is 9.78 Å². The van der Waals surface area contributed by atoms with Gasteiger partial charge in [-0.3, -0.25) is 4.68 Å². The number of aliphatic hydroxyl groups is 1. The first kappa shape index (κ1) is 10.6. The van der Waals surface area contributed by atoms with E-state index in [1.807, 2.05) is 13.1 Å². The van der Waals surface area contributed by atoms with Gasteiger partial charge in [-0.25, -0.2) is 0 Å². The van der Waals surface area contributed by atoms with Gasteiger partial charge in [-0.1, -0.05) is 0 Å². The average Bonchev–Trinajstić information content (AvgIpc) is 2.78. The van der Waals surface area contributed by atoms with Gasteiger partial charge in [0.25, 0.3) is 0 Å². The predicted molar refractivity (Wildman–Crippen MR) is 53.4 cm³/mol. The van der Waals surface area contributed by atoms with Crippen molar-refractivity contribution in [3.8, 4) is 0 Å². The number of hydrogen-bond acceptors (Lipinski definition) is 4. The lowest BCUT2D eigenvalue weighted by atomic mass is 10.1. The molecule has 0 bridgehead atoms. The fourth-order valence-corrected chi connectivity index (χ4v) is 1.61. The lowest BCUT2D eigenvalue weighted by Crippen LogP contribution is -2.33. The van der Waals surface area contributed by atoms with Crippen molar-refractivity contribution in [3.05, 3.63) is 18.0 Å². The minimum absolute atomic E-state index is 0.270. The van der Waals surface area contributed by atoms with Gasteiger partial charge in [-0.05, 0) is 6.92 Å². The van der Waals surface area contributed by atoms with Crippen molar-refractivity contribution in [2.45, 2.75) is 25.7 Å². The summed E-state index contributed by atoms with van der Waals surface area (Å²) in [6.45, 7) is 4.40. The van der Waals surface area contributed by atoms with Crippen LogP contribution in [-0.4, -0.2) is 40.8 Å². The number of hydrogen-bond donors (Lipinski definition) is 1. The summed E-state index contributed by atoms with van der Waals surface area (Å²) in [7, 11) is 0. The van der Waals surface area contributed by atoms with E-state index in [1.54, 1.807) is 10.9 Å². The fourth-order valence-electron chi connectivity index (χ4n) is 1.61. The first-order chi connectivity index (χ1) is 7.31. The number of aromatic nitrogens is 2. The van der Waals surface area contributed by atoms with E-state index in [0.29, 0.717) is 19.8 Å². The third-order valence-corrected chi connectivity index (χ3v) is 2.51. The maximum atomic E-state index is 10.00. The number of nitrogens with zero attached hydrogens (tertiary/aromatic N) is 2. The Kier molecular flexibility index (Phi) is 3.35. The molecule has 1 aliphatic rings. The van der Waals surface area contributed by atoms with E-state index in [1.165, 1.54) is 0 Å². The van der Waals surface area contributed by atoms with Crippen LogP contribution in [0.4, 0.5) is 0 Å². The lowest BCUT2D eigenvalue weighted by molar-refractivity contribution is -0.133. The zero-order chi connectivity index (χ0) is 10.7. The zero-order valence-corrected chi connectivity index (χ0v) is 8.80. The van der Waals surface area contributed by atoms with Crippen LogP contribution in [0.2, 0.25) is 0 Å². The second kappa shape index (κ2) is 4.74. The Morgan fingerprint density at radius 3 is 3.13 bits per heavy atom. The Morgan fingerprint density at radius 2 is 2.53 bits per heavy atom. The average molecular weight is 212 g/mol. The molecule has 1 fully saturated rings. The third-order valence-electron chi connectivity index (χ3n) is 2.51. The highest BCUT2D eigenvalue weighted by molar-refractivity contribution is 5.10. The van der Waals surface area contributed by atoms with Gasteiger partial charge in [0.05, 0.1) is 26.0 Å². The summed E-state index contributed by atoms with van der Waals surface area (Å²) in [5, 5.41) is 14.1. The molecule has 5 nitrogen and oxygen atoms in total. The summed E-state index contributed by atoms with van der Waals surface area (Å²) >= 11 is 0. The monoisotopic (exact) mass is 212 g/mol. The van der Waals surface area contributed by atoms with Gasteiger partial charge >= 0.3 is 0 Å². The lowest BCUT2D eigenvalue weighted by Gasteiger charge is -2.26. The molecule has 1 aromatic rings. The van der Waals surface area contributed by atoms with Gasteiger partial charge in [0.15, 0.2) is 0 Å². The van der Waals surface area contributed by atoms with E-state index in [9.17, 15) is 5.11 Å². The van der Waals surface area contributed by atoms with Crippen LogP contribution in [0.3, 0.4) is 0 Å². The second-order valence-corrected chi connectivity index (χ2v) is 3.56. The van der Waals surface area contributed by atoms with E-state index < -0.39 is 6.10 Å². The van der Waals surface area contributed by atoms with E-state index in [0.717, 1.165) is 12.1 Å². The smallest absolute Gasteiger partial charge is 0.111 e. The number of ether oxygens (including phenoxy) is 2. The summed E-state index contributed by atoms with van der Waals surface area (Å²) in [6, 6.07) is 0. The predicted octanol–water partition coefficient (Wildman–Crippen LogP) is 0.352. The van der Waals surface area contributed by atoms with Crippen LogP contribution in [0.15, 0.2) is 12.4 Å². The molecule has 1 saturated heterocycles. The van der Waals surface area contributed by atoms with Crippen molar-refractivity contribution in [1.29, 1.82) is 0 Å². The van der Waals surface area contributed by atoms with Crippen molar-refractivity contribution >= 4 is 0 Å². The Hall–Kier alpha value is -0.910. The summed E-state index contributed by atoms with van der Waals surface area (Å²) in [5.41, 5.74) is 0.785. The molecular weight excluding hydrogens is 196 g/mol. The number of aliphatic hydroxyl groups excluding tert-OH is 1. The number of rotatable bonds is 3. The van der Waals surface area contributed by atoms with Crippen LogP contribution in [0.1, 0.15) is 18.6 Å². The molecule has 1 aromatic heterocycles. The van der Waals surface area contributed by atoms with Gasteiger partial charge in [-0.15, -0.1) is 0 Å². The van der Waals surface area contributed by atoms with E-state index in [2.05, 4.69) is 5.10 Å². The summed E-state index contributed by atoms with van der Waals surface area (Å²) in [4.78, 5) is 0. The van der Waals surface area contributed by atoms with Gasteiger partial charge in [0.2, 0.25) is 0 Å². The van der Waals surface area contributed by atoms with Crippen LogP contribution < -0.4 is 0 Å². The molecule has 0 amide bonds. The fraction of sp³-hybridized carbons (Fsp3) is 0.700. The van der Waals surface area contributed by atoms with Crippen molar-refractivity contribution in [2.75, 3.05) is 19.8 Å². The molecule has 5 heteroatoms. The van der Waals surface area contributed by atoms with E-state index in [-0.39, 0.29) is 6.10 Å². The van der Waals surface area contributed by atoms with Crippen LogP contribution in [0.5, 0.6) is 0 Å². The van der Waals surface area contributed by atoms with Gasteiger partial charge < -0.3 is 14.6 Å². The SMILES string of the molecule is CCn1cc(C(O)C2COCCO2)cn1. The highest BCUT2D eigenvalue weighted by Gasteiger charge is 2.25. The molecular formula is C10H16N2O3. The minimum atomic E-state index is -0.648. The molecule has 0 aromatic carbocycles. The molecule has 2 unspecified atom stereocenters. The molecule has 0 spiro atoms. The molecule has 15 heavy (non-hydrogen) atoms. The van der Waals surface area contributed by atoms with Gasteiger partial charge in [0, 0.05) is 18.3 Å². The normalized spacial score (nSPS) is 24.0. The van der Waals surface area contributed by atoms with E-state index >= 15 is 0 Å². The molecule has 1 N–H and O–H groups in total. The third kappa shape index (κ3) is 2.37. The highest BCUT2D eigenvalue weighted by Crippen LogP contribution is 2.20. The van der Waals surface area contributed by atoms with Crippen molar-refractivity contribution in [3.63, 3.8) is 0 Å². The Balaban J connectivity index is 2.02. The minimum Gasteiger partial charge on any atom is -0.385 e. The summed E-state index contributed by atoms with van der Waals surface area (Å²) in [5.74, 6) is 0. The Bertz CT molecular complexity index is 307. The standard InChI is InChI=1S/C10H16N2O3/c1-2-12-6-8(5-11-12)10(13)9-7-14-3-4-15-9/h5-6,9-10,13H,2-4,7H2,1H3. The quantitative estimate of drug-likeness (QED) is 0.785. The molecule has 1 aliphatic heterocycles. The summed E-state index contributed by atoms with van der Waals surface area (Å²) in [6.07, 6.45) is 2.59. The molecule has 0 aliphatic carbocycles. The van der Waals surface area contributed by atoms with Gasteiger partial charge in [-0.2, -0.15) is 5.10 Å². The first-order valence-electron chi connectivity index (χ1n) is 5.21. The van der Waals surface area contributed by atoms with Gasteiger partial charge in [0.1, 0.15) is 12.2 Å². The molecule has 2 atom stereocenters. The second-order valence-electron chi connectivity index (χ2n) is 3.56. The van der Waals surface area contributed by atoms with Crippen molar-refractivity contribution < 1.29 is 14.6 Å². The molecule has 2 rings (SSSR count). The van der Waals surface area contributed by atoms with Crippen LogP contribution in [-0.2, 0) is 16.0 Å². The topological polar surface area (TPSA) is 56.5 Å². The maximum absolute atomic E-state index is 10.00. The largest absolute Gasteiger partial charge is 0.385 e. The molecule has 84 valence electrons. The van der Waals surface area contributed by atoms with Crippen LogP contribution in [0, 0.1) is 0 Å². The zero-order valence-electron chi connectivity index (χ0n) is 8.80. The number of aryl methyl sites for hydroxylation is 1. The highest BCUT2D eigenvalue weighted by atomic mass is 16.6.